The zero-order chi connectivity index (χ0) is 12.1. The number of ether oxygens (including phenoxy) is 2. The minimum atomic E-state index is -0.0563. The van der Waals surface area contributed by atoms with Crippen molar-refractivity contribution in [1.29, 1.82) is 0 Å². The van der Waals surface area contributed by atoms with Crippen molar-refractivity contribution in [1.82, 2.24) is 5.43 Å². The first-order chi connectivity index (χ1) is 7.65. The molecule has 0 aliphatic heterocycles. The highest BCUT2D eigenvalue weighted by Crippen LogP contribution is 2.30. The molecule has 0 saturated heterocycles. The summed E-state index contributed by atoms with van der Waals surface area (Å²) in [6.45, 7) is 4.61. The van der Waals surface area contributed by atoms with Crippen LogP contribution in [0.25, 0.3) is 0 Å². The Morgan fingerprint density at radius 3 is 2.50 bits per heavy atom. The second-order valence-corrected chi connectivity index (χ2v) is 3.80. The zero-order valence-electron chi connectivity index (χ0n) is 10.3. The number of nitrogens with two attached hydrogens (primary N) is 1. The van der Waals surface area contributed by atoms with Gasteiger partial charge in [-0.3, -0.25) is 11.3 Å². The van der Waals surface area contributed by atoms with E-state index in [9.17, 15) is 0 Å². The quantitative estimate of drug-likeness (QED) is 0.587. The summed E-state index contributed by atoms with van der Waals surface area (Å²) in [7, 11) is 3.32. The van der Waals surface area contributed by atoms with Gasteiger partial charge in [0.2, 0.25) is 0 Å². The summed E-state index contributed by atoms with van der Waals surface area (Å²) in [5, 5.41) is 0. The molecular weight excluding hydrogens is 204 g/mol. The minimum absolute atomic E-state index is 0.0563. The highest BCUT2D eigenvalue weighted by molar-refractivity contribution is 5.46. The van der Waals surface area contributed by atoms with Crippen molar-refractivity contribution in [3.63, 3.8) is 0 Å². The molecule has 1 unspecified atom stereocenters. The molecule has 0 aliphatic carbocycles. The summed E-state index contributed by atoms with van der Waals surface area (Å²) in [5.41, 5.74) is 6.10. The molecule has 0 amide bonds. The Morgan fingerprint density at radius 2 is 2.00 bits per heavy atom. The first-order valence-electron chi connectivity index (χ1n) is 5.24. The van der Waals surface area contributed by atoms with Gasteiger partial charge in [-0.1, -0.05) is 12.1 Å². The lowest BCUT2D eigenvalue weighted by Gasteiger charge is -2.20. The van der Waals surface area contributed by atoms with Gasteiger partial charge in [0.1, 0.15) is 5.75 Å². The number of hydrazine groups is 1. The van der Waals surface area contributed by atoms with Gasteiger partial charge in [-0.05, 0) is 25.0 Å². The van der Waals surface area contributed by atoms with E-state index in [0.29, 0.717) is 6.61 Å². The molecular formula is C12H20N2O2. The summed E-state index contributed by atoms with van der Waals surface area (Å²) in [5.74, 6) is 6.39. The van der Waals surface area contributed by atoms with Gasteiger partial charge in [0, 0.05) is 12.7 Å². The Bertz CT molecular complexity index is 353. The van der Waals surface area contributed by atoms with E-state index in [4.69, 9.17) is 15.3 Å². The van der Waals surface area contributed by atoms with Gasteiger partial charge in [-0.15, -0.1) is 0 Å². The second-order valence-electron chi connectivity index (χ2n) is 3.80. The molecule has 0 fully saturated rings. The molecule has 4 nitrogen and oxygen atoms in total. The monoisotopic (exact) mass is 224 g/mol. The third-order valence-electron chi connectivity index (χ3n) is 2.82. The van der Waals surface area contributed by atoms with E-state index in [0.717, 1.165) is 16.9 Å². The average Bonchev–Trinajstić information content (AvgIpc) is 2.29. The van der Waals surface area contributed by atoms with Crippen molar-refractivity contribution in [2.45, 2.75) is 19.9 Å². The molecule has 0 bridgehead atoms. The van der Waals surface area contributed by atoms with Crippen LogP contribution < -0.4 is 16.0 Å². The maximum Gasteiger partial charge on any atom is 0.126 e. The molecule has 1 rings (SSSR count). The van der Waals surface area contributed by atoms with Gasteiger partial charge < -0.3 is 9.47 Å². The summed E-state index contributed by atoms with van der Waals surface area (Å²) >= 11 is 0. The Kier molecular flexibility index (Phi) is 4.73. The maximum absolute atomic E-state index is 5.52. The predicted octanol–water partition coefficient (Wildman–Crippen LogP) is 1.46. The van der Waals surface area contributed by atoms with Crippen LogP contribution in [0.5, 0.6) is 5.75 Å². The van der Waals surface area contributed by atoms with Crippen molar-refractivity contribution in [2.75, 3.05) is 20.8 Å². The maximum atomic E-state index is 5.52. The van der Waals surface area contributed by atoms with Crippen LogP contribution in [0.4, 0.5) is 0 Å². The Labute approximate surface area is 96.7 Å². The van der Waals surface area contributed by atoms with Crippen LogP contribution >= 0.6 is 0 Å². The first-order valence-corrected chi connectivity index (χ1v) is 5.24. The van der Waals surface area contributed by atoms with Gasteiger partial charge in [0.25, 0.3) is 0 Å². The molecule has 90 valence electrons. The number of hydrogen-bond acceptors (Lipinski definition) is 4. The number of aryl methyl sites for hydroxylation is 1. The normalized spacial score (nSPS) is 12.6. The van der Waals surface area contributed by atoms with Crippen LogP contribution in [0, 0.1) is 13.8 Å². The van der Waals surface area contributed by atoms with Crippen molar-refractivity contribution in [2.24, 2.45) is 5.84 Å². The lowest BCUT2D eigenvalue weighted by molar-refractivity contribution is 0.166. The fourth-order valence-corrected chi connectivity index (χ4v) is 1.75. The number of rotatable bonds is 5. The summed E-state index contributed by atoms with van der Waals surface area (Å²) in [6.07, 6.45) is 0. The Morgan fingerprint density at radius 1 is 1.31 bits per heavy atom. The van der Waals surface area contributed by atoms with E-state index >= 15 is 0 Å². The van der Waals surface area contributed by atoms with Crippen LogP contribution in [-0.2, 0) is 4.74 Å². The largest absolute Gasteiger partial charge is 0.496 e. The molecule has 0 heterocycles. The van der Waals surface area contributed by atoms with Gasteiger partial charge >= 0.3 is 0 Å². The molecule has 0 aliphatic rings. The molecule has 0 radical (unpaired) electrons. The van der Waals surface area contributed by atoms with Crippen molar-refractivity contribution in [3.05, 3.63) is 28.8 Å². The lowest BCUT2D eigenvalue weighted by atomic mass is 10.00. The van der Waals surface area contributed by atoms with E-state index in [1.54, 1.807) is 14.2 Å². The summed E-state index contributed by atoms with van der Waals surface area (Å²) in [6, 6.07) is 4.02. The summed E-state index contributed by atoms with van der Waals surface area (Å²) in [4.78, 5) is 0. The number of hydrogen-bond donors (Lipinski definition) is 2. The van der Waals surface area contributed by atoms with E-state index in [1.807, 2.05) is 13.0 Å². The predicted molar refractivity (Wildman–Crippen MR) is 64.4 cm³/mol. The van der Waals surface area contributed by atoms with Crippen molar-refractivity contribution in [3.8, 4) is 5.75 Å². The van der Waals surface area contributed by atoms with Crippen LogP contribution in [0.2, 0.25) is 0 Å². The molecule has 16 heavy (non-hydrogen) atoms. The zero-order valence-corrected chi connectivity index (χ0v) is 10.3. The second kappa shape index (κ2) is 5.84. The van der Waals surface area contributed by atoms with Crippen LogP contribution in [0.15, 0.2) is 12.1 Å². The molecule has 4 heteroatoms. The third-order valence-corrected chi connectivity index (χ3v) is 2.82. The van der Waals surface area contributed by atoms with E-state index < -0.39 is 0 Å². The third kappa shape index (κ3) is 2.52. The van der Waals surface area contributed by atoms with Gasteiger partial charge in [-0.2, -0.15) is 0 Å². The number of benzene rings is 1. The Hall–Kier alpha value is -1.10. The van der Waals surface area contributed by atoms with Crippen molar-refractivity contribution >= 4 is 0 Å². The van der Waals surface area contributed by atoms with E-state index in [1.165, 1.54) is 5.56 Å². The van der Waals surface area contributed by atoms with Crippen molar-refractivity contribution < 1.29 is 9.47 Å². The van der Waals surface area contributed by atoms with Gasteiger partial charge in [-0.25, -0.2) is 0 Å². The Balaban J connectivity index is 3.16. The van der Waals surface area contributed by atoms with Crippen LogP contribution in [0.1, 0.15) is 22.7 Å². The fraction of sp³-hybridized carbons (Fsp3) is 0.500. The fourth-order valence-electron chi connectivity index (χ4n) is 1.75. The minimum Gasteiger partial charge on any atom is -0.496 e. The SMILES string of the molecule is COCC(NN)c1ccc(C)c(C)c1OC. The standard InChI is InChI=1S/C12H20N2O2/c1-8-5-6-10(11(14-13)7-15-3)12(16-4)9(8)2/h5-6,11,14H,7,13H2,1-4H3. The van der Waals surface area contributed by atoms with Crippen LogP contribution in [0.3, 0.4) is 0 Å². The number of nitrogens with one attached hydrogen (secondary N) is 1. The molecule has 1 aromatic rings. The molecule has 0 saturated carbocycles. The molecule has 1 atom stereocenters. The molecule has 1 aromatic carbocycles. The van der Waals surface area contributed by atoms with E-state index in [-0.39, 0.29) is 6.04 Å². The summed E-state index contributed by atoms with van der Waals surface area (Å²) < 4.78 is 10.6. The van der Waals surface area contributed by atoms with Crippen LogP contribution in [-0.4, -0.2) is 20.8 Å². The lowest BCUT2D eigenvalue weighted by Crippen LogP contribution is -2.31. The number of methoxy groups -OCH3 is 2. The molecule has 3 N–H and O–H groups in total. The smallest absolute Gasteiger partial charge is 0.126 e. The topological polar surface area (TPSA) is 56.5 Å². The molecule has 0 aromatic heterocycles. The van der Waals surface area contributed by atoms with Gasteiger partial charge in [0.15, 0.2) is 0 Å². The highest BCUT2D eigenvalue weighted by atomic mass is 16.5. The molecule has 0 spiro atoms. The first kappa shape index (κ1) is 13.0. The average molecular weight is 224 g/mol. The van der Waals surface area contributed by atoms with Gasteiger partial charge in [0.05, 0.1) is 19.8 Å². The van der Waals surface area contributed by atoms with E-state index in [2.05, 4.69) is 18.4 Å². The highest BCUT2D eigenvalue weighted by Gasteiger charge is 2.16.